The fourth-order valence-corrected chi connectivity index (χ4v) is 9.16. The molecule has 20 heteroatoms. The van der Waals surface area contributed by atoms with E-state index in [1.54, 1.807) is 24.5 Å². The number of halogens is 3. The Morgan fingerprint density at radius 2 is 1.11 bits per heavy atom. The van der Waals surface area contributed by atoms with E-state index in [0.717, 1.165) is 90.0 Å². The van der Waals surface area contributed by atoms with E-state index >= 15 is 0 Å². The molecule has 0 bridgehead atoms. The Labute approximate surface area is 428 Å². The van der Waals surface area contributed by atoms with Gasteiger partial charge in [0.1, 0.15) is 11.4 Å². The zero-order valence-electron chi connectivity index (χ0n) is 38.6. The summed E-state index contributed by atoms with van der Waals surface area (Å²) >= 11 is 12.9. The number of hydrogen-bond acceptors (Lipinski definition) is 13. The van der Waals surface area contributed by atoms with E-state index in [0.29, 0.717) is 50.7 Å². The summed E-state index contributed by atoms with van der Waals surface area (Å²) in [7, 11) is 4.05. The van der Waals surface area contributed by atoms with Crippen LogP contribution in [0.1, 0.15) is 79.8 Å². The van der Waals surface area contributed by atoms with Crippen molar-refractivity contribution < 1.29 is 14.7 Å². The minimum absolute atomic E-state index is 0. The van der Waals surface area contributed by atoms with Crippen LogP contribution in [0.5, 0.6) is 0 Å². The number of rotatable bonds is 9. The van der Waals surface area contributed by atoms with E-state index in [9.17, 15) is 9.59 Å². The van der Waals surface area contributed by atoms with Crippen LogP contribution in [0.15, 0.2) is 110 Å². The van der Waals surface area contributed by atoms with Crippen LogP contribution in [-0.2, 0) is 14.1 Å². The molecule has 0 spiro atoms. The lowest BCUT2D eigenvalue weighted by Crippen LogP contribution is -2.42. The van der Waals surface area contributed by atoms with Crippen molar-refractivity contribution in [3.8, 4) is 22.5 Å². The molecule has 10 rings (SSSR count). The minimum atomic E-state index is -1.04. The molecule has 17 nitrogen and oxygen atoms in total. The Kier molecular flexibility index (Phi) is 18.2. The first-order valence-corrected chi connectivity index (χ1v) is 23.4. The Balaban J connectivity index is 0.000000195. The number of anilines is 4. The maximum Gasteiger partial charge on any atom is 0.354 e. The van der Waals surface area contributed by atoms with E-state index in [1.165, 1.54) is 24.5 Å². The summed E-state index contributed by atoms with van der Waals surface area (Å²) in [6.07, 6.45) is 18.1. The molecule has 8 aromatic rings. The van der Waals surface area contributed by atoms with Crippen molar-refractivity contribution >= 4 is 92.6 Å². The number of fused-ring (bicyclic) bond motifs is 2. The second kappa shape index (κ2) is 24.2. The van der Waals surface area contributed by atoms with Crippen LogP contribution in [-0.4, -0.2) is 80.2 Å². The second-order valence-electron chi connectivity index (χ2n) is 17.3. The molecule has 2 aliphatic carbocycles. The number of nitrogens with one attached hydrogen (secondary N) is 3. The van der Waals surface area contributed by atoms with Gasteiger partial charge in [-0.15, -0.1) is 12.4 Å². The molecule has 6 heterocycles. The summed E-state index contributed by atoms with van der Waals surface area (Å²) in [6, 6.07) is 23.4. The standard InChI is InChI=1S/C25H26ClN7O.C19H22ClN5.C6H6N2O2.CH4.ClH/c1-33-11-10-18-19(6-3-7-22(18)33)23-20(26)14-29-25(32-23)31-17-5-2-4-16(12-17)30-24(34)21-9-8-15(27)13-28-21;1-25-9-8-14-15(6-3-7-17(14)25)18-16(20)11-22-19(24-18)23-13-5-2-4-12(21)10-13;7-4-1-2-5(6(9)10)8-3-4;;/h3,6-11,13-14,16-17H,2,4-5,12,27H2,1H3,(H,30,34)(H,29,31,32);3,6-9,11-13H,2,4-5,10,21H2,1H3,(H,22,23,24);1-3H,7H2,(H,9,10);1H4;1H/t16-,17+;12-,13+;;;/m00.../s1. The molecule has 0 radical (unpaired) electrons. The van der Waals surface area contributed by atoms with Crippen molar-refractivity contribution in [2.75, 3.05) is 22.1 Å². The van der Waals surface area contributed by atoms with Gasteiger partial charge in [-0.1, -0.05) is 54.9 Å². The summed E-state index contributed by atoms with van der Waals surface area (Å²) in [6.45, 7) is 0. The molecular formula is C51H59Cl3N14O3. The highest BCUT2D eigenvalue weighted by atomic mass is 35.5. The zero-order chi connectivity index (χ0) is 48.6. The molecule has 6 aromatic heterocycles. The molecular weight excluding hydrogens is 963 g/mol. The highest BCUT2D eigenvalue weighted by Gasteiger charge is 2.26. The molecule has 2 fully saturated rings. The van der Waals surface area contributed by atoms with Gasteiger partial charge in [-0.2, -0.15) is 0 Å². The van der Waals surface area contributed by atoms with Crippen molar-refractivity contribution in [2.24, 2.45) is 19.8 Å². The van der Waals surface area contributed by atoms with Crippen LogP contribution in [0, 0.1) is 0 Å². The Morgan fingerprint density at radius 3 is 1.59 bits per heavy atom. The molecule has 10 N–H and O–H groups in total. The van der Waals surface area contributed by atoms with Crippen molar-refractivity contribution in [2.45, 2.75) is 83.0 Å². The van der Waals surface area contributed by atoms with Gasteiger partial charge in [0, 0.05) is 83.6 Å². The highest BCUT2D eigenvalue weighted by Crippen LogP contribution is 2.35. The first kappa shape index (κ1) is 53.3. The van der Waals surface area contributed by atoms with Gasteiger partial charge in [0.05, 0.1) is 57.6 Å². The fourth-order valence-electron chi connectivity index (χ4n) is 8.78. The van der Waals surface area contributed by atoms with Gasteiger partial charge in [-0.3, -0.25) is 4.79 Å². The number of aromatic nitrogens is 8. The number of aromatic carboxylic acids is 1. The average Bonchev–Trinajstić information content (AvgIpc) is 3.92. The monoisotopic (exact) mass is 1020 g/mol. The molecule has 2 aromatic carbocycles. The predicted molar refractivity (Wildman–Crippen MR) is 287 cm³/mol. The largest absolute Gasteiger partial charge is 0.477 e. The Morgan fingerprint density at radius 1 is 0.634 bits per heavy atom. The molecule has 2 aliphatic rings. The number of carbonyl (C=O) groups excluding carboxylic acids is 1. The van der Waals surface area contributed by atoms with Crippen LogP contribution in [0.3, 0.4) is 0 Å². The SMILES string of the molecule is C.Cl.Cn1ccc2c(-c3nc(N[C@@H]4CCC[C@H](N)C4)ncc3Cl)cccc21.Cn1ccc2c(-c3nc(N[C@@H]4CCC[C@H](NC(=O)c5ccc(N)cn5)C4)ncc3Cl)cccc21.Nc1ccc(C(=O)O)nc1. The number of aryl methyl sites for hydroxylation is 2. The van der Waals surface area contributed by atoms with E-state index in [1.807, 2.05) is 44.7 Å². The Hall–Kier alpha value is -7.05. The van der Waals surface area contributed by atoms with Crippen molar-refractivity contribution in [1.82, 2.24) is 44.4 Å². The highest BCUT2D eigenvalue weighted by molar-refractivity contribution is 6.33. The van der Waals surface area contributed by atoms with Gasteiger partial charge in [-0.25, -0.2) is 34.7 Å². The maximum absolute atomic E-state index is 12.6. The summed E-state index contributed by atoms with van der Waals surface area (Å²) < 4.78 is 4.17. The van der Waals surface area contributed by atoms with Crippen LogP contribution in [0.2, 0.25) is 10.0 Å². The van der Waals surface area contributed by atoms with Crippen molar-refractivity contribution in [3.05, 3.63) is 131 Å². The number of carbonyl (C=O) groups is 2. The number of amides is 1. The summed E-state index contributed by atoms with van der Waals surface area (Å²) in [4.78, 5) is 48.7. The van der Waals surface area contributed by atoms with Gasteiger partial charge in [-0.05, 0) is 99.9 Å². The molecule has 0 unspecified atom stereocenters. The van der Waals surface area contributed by atoms with Gasteiger partial charge in [0.25, 0.3) is 5.91 Å². The van der Waals surface area contributed by atoms with E-state index < -0.39 is 5.97 Å². The van der Waals surface area contributed by atoms with Gasteiger partial charge >= 0.3 is 5.97 Å². The topological polar surface area (TPSA) is 256 Å². The third-order valence-corrected chi connectivity index (χ3v) is 12.8. The smallest absolute Gasteiger partial charge is 0.354 e. The van der Waals surface area contributed by atoms with Crippen LogP contribution >= 0.6 is 35.6 Å². The quantitative estimate of drug-likeness (QED) is 0.0710. The first-order valence-electron chi connectivity index (χ1n) is 22.7. The average molecular weight is 1020 g/mol. The van der Waals surface area contributed by atoms with Crippen LogP contribution < -0.4 is 33.2 Å². The zero-order valence-corrected chi connectivity index (χ0v) is 40.9. The number of pyridine rings is 2. The lowest BCUT2D eigenvalue weighted by atomic mass is 9.91. The second-order valence-corrected chi connectivity index (χ2v) is 18.1. The van der Waals surface area contributed by atoms with Crippen molar-refractivity contribution in [1.29, 1.82) is 0 Å². The fraction of sp³-hybridized carbons (Fsp3) is 0.294. The minimum Gasteiger partial charge on any atom is -0.477 e. The first-order chi connectivity index (χ1) is 33.3. The number of nitrogens with zero attached hydrogens (tertiary/aromatic N) is 8. The molecule has 0 aliphatic heterocycles. The number of nitrogen functional groups attached to an aromatic ring is 2. The molecule has 372 valence electrons. The number of hydrogen-bond donors (Lipinski definition) is 7. The molecule has 71 heavy (non-hydrogen) atoms. The maximum atomic E-state index is 12.6. The van der Waals surface area contributed by atoms with E-state index in [2.05, 4.69) is 75.4 Å². The molecule has 4 atom stereocenters. The van der Waals surface area contributed by atoms with E-state index in [-0.39, 0.29) is 49.6 Å². The number of carboxylic acids is 1. The van der Waals surface area contributed by atoms with E-state index in [4.69, 9.17) is 55.5 Å². The molecule has 2 saturated carbocycles. The summed E-state index contributed by atoms with van der Waals surface area (Å²) in [5, 5.41) is 21.6. The van der Waals surface area contributed by atoms with Crippen molar-refractivity contribution in [3.63, 3.8) is 0 Å². The third-order valence-electron chi connectivity index (χ3n) is 12.3. The summed E-state index contributed by atoms with van der Waals surface area (Å²) in [5.74, 6) is -0.0809. The molecule has 1 amide bonds. The Bertz CT molecular complexity index is 3080. The lowest BCUT2D eigenvalue weighted by molar-refractivity contribution is 0.0690. The third kappa shape index (κ3) is 13.2. The lowest BCUT2D eigenvalue weighted by Gasteiger charge is -2.30. The number of carboxylic acid groups (broad SMARTS) is 1. The van der Waals surface area contributed by atoms with Gasteiger partial charge < -0.3 is 47.4 Å². The normalized spacial score (nSPS) is 17.3. The van der Waals surface area contributed by atoms with Crippen LogP contribution in [0.25, 0.3) is 44.3 Å². The number of nitrogens with two attached hydrogens (primary N) is 3. The van der Waals surface area contributed by atoms with Gasteiger partial charge in [0.2, 0.25) is 11.9 Å². The molecule has 0 saturated heterocycles. The van der Waals surface area contributed by atoms with Gasteiger partial charge in [0.15, 0.2) is 0 Å². The number of benzene rings is 2. The predicted octanol–water partition coefficient (Wildman–Crippen LogP) is 9.81. The summed E-state index contributed by atoms with van der Waals surface area (Å²) in [5.41, 5.74) is 24.1. The van der Waals surface area contributed by atoms with Crippen LogP contribution in [0.4, 0.5) is 23.3 Å².